The lowest BCUT2D eigenvalue weighted by Crippen LogP contribution is -2.57. The van der Waals surface area contributed by atoms with Crippen LogP contribution in [0, 0.1) is 11.8 Å². The Morgan fingerprint density at radius 2 is 1.62 bits per heavy atom. The van der Waals surface area contributed by atoms with Gasteiger partial charge in [0.05, 0.1) is 0 Å². The minimum atomic E-state index is -1.14. The van der Waals surface area contributed by atoms with Crippen LogP contribution in [0.5, 0.6) is 0 Å². The third-order valence-electron chi connectivity index (χ3n) is 6.28. The molecule has 1 unspecified atom stereocenters. The number of amides is 4. The number of carbonyl (C=O) groups is 4. The van der Waals surface area contributed by atoms with Gasteiger partial charge in [-0.2, -0.15) is 0 Å². The Morgan fingerprint density at radius 3 is 2.16 bits per heavy atom. The normalized spacial score (nSPS) is 18.1. The van der Waals surface area contributed by atoms with E-state index in [0.717, 1.165) is 32.1 Å². The summed E-state index contributed by atoms with van der Waals surface area (Å²) < 4.78 is 0. The number of rotatable bonds is 14. The smallest absolute Gasteiger partial charge is 0.326 e. The summed E-state index contributed by atoms with van der Waals surface area (Å²) in [5.74, 6) is -2.13. The Labute approximate surface area is 190 Å². The van der Waals surface area contributed by atoms with Gasteiger partial charge in [0.25, 0.3) is 0 Å². The van der Waals surface area contributed by atoms with Crippen molar-refractivity contribution in [2.75, 3.05) is 6.54 Å². The third kappa shape index (κ3) is 9.84. The molecule has 1 saturated carbocycles. The number of urea groups is 1. The Bertz CT molecular complexity index is 624. The molecule has 8 N–H and O–H groups in total. The first kappa shape index (κ1) is 27.7. The van der Waals surface area contributed by atoms with Crippen molar-refractivity contribution in [3.05, 3.63) is 0 Å². The highest BCUT2D eigenvalue weighted by atomic mass is 16.4. The molecule has 4 atom stereocenters. The molecule has 0 heterocycles. The standard InChI is InChI=1S/C22H41N5O5/c1-3-14(2)18(19(24)28)27-20(29)17(13-15-9-5-4-6-10-15)26-22(32)25-16(21(30)31)11-7-8-12-23/h14-18H,3-13,23H2,1-2H3,(H2,24,28)(H,27,29)(H,30,31)(H2,25,26,32)/t14?,16-,17+,18-/m0/s1. The number of unbranched alkanes of at least 4 members (excludes halogenated alkanes) is 1. The van der Waals surface area contributed by atoms with Crippen LogP contribution in [-0.4, -0.2) is 53.6 Å². The molecule has 1 aliphatic rings. The van der Waals surface area contributed by atoms with Gasteiger partial charge in [-0.3, -0.25) is 9.59 Å². The van der Waals surface area contributed by atoms with Gasteiger partial charge in [0, 0.05) is 0 Å². The van der Waals surface area contributed by atoms with Crippen molar-refractivity contribution < 1.29 is 24.3 Å². The van der Waals surface area contributed by atoms with Gasteiger partial charge in [0.15, 0.2) is 0 Å². The van der Waals surface area contributed by atoms with Crippen LogP contribution in [0.4, 0.5) is 4.79 Å². The average molecular weight is 456 g/mol. The number of nitrogens with one attached hydrogen (secondary N) is 3. The van der Waals surface area contributed by atoms with Crippen LogP contribution in [-0.2, 0) is 14.4 Å². The van der Waals surface area contributed by atoms with E-state index < -0.39 is 41.9 Å². The molecule has 0 saturated heterocycles. The minimum Gasteiger partial charge on any atom is -0.480 e. The summed E-state index contributed by atoms with van der Waals surface area (Å²) in [5, 5.41) is 17.2. The van der Waals surface area contributed by atoms with E-state index in [4.69, 9.17) is 11.5 Å². The number of carboxylic acid groups (broad SMARTS) is 1. The summed E-state index contributed by atoms with van der Waals surface area (Å²) in [5.41, 5.74) is 10.9. The third-order valence-corrected chi connectivity index (χ3v) is 6.28. The first-order valence-electron chi connectivity index (χ1n) is 11.8. The minimum absolute atomic E-state index is 0.153. The lowest BCUT2D eigenvalue weighted by atomic mass is 9.84. The number of hydrogen-bond acceptors (Lipinski definition) is 5. The molecule has 0 aromatic heterocycles. The maximum Gasteiger partial charge on any atom is 0.326 e. The summed E-state index contributed by atoms with van der Waals surface area (Å²) in [6, 6.07) is -3.52. The SMILES string of the molecule is CCC(C)[C@H](NC(=O)[C@@H](CC1CCCCC1)NC(=O)N[C@@H](CCCCN)C(=O)O)C(N)=O. The van der Waals surface area contributed by atoms with Crippen LogP contribution in [0.25, 0.3) is 0 Å². The molecule has 1 fully saturated rings. The number of hydrogen-bond donors (Lipinski definition) is 6. The predicted octanol–water partition coefficient (Wildman–Crippen LogP) is 1.22. The highest BCUT2D eigenvalue weighted by molar-refractivity contribution is 5.92. The van der Waals surface area contributed by atoms with Crippen LogP contribution in [0.2, 0.25) is 0 Å². The molecular weight excluding hydrogens is 414 g/mol. The molecule has 0 bridgehead atoms. The average Bonchev–Trinajstić information content (AvgIpc) is 2.76. The monoisotopic (exact) mass is 455 g/mol. The Hall–Kier alpha value is -2.36. The van der Waals surface area contributed by atoms with Crippen LogP contribution < -0.4 is 27.4 Å². The zero-order chi connectivity index (χ0) is 24.1. The van der Waals surface area contributed by atoms with Gasteiger partial charge in [-0.25, -0.2) is 9.59 Å². The van der Waals surface area contributed by atoms with Crippen LogP contribution >= 0.6 is 0 Å². The van der Waals surface area contributed by atoms with Gasteiger partial charge in [-0.05, 0) is 44.1 Å². The fourth-order valence-corrected chi connectivity index (χ4v) is 4.08. The number of aliphatic carboxylic acids is 1. The Balaban J connectivity index is 2.87. The molecule has 0 aromatic carbocycles. The van der Waals surface area contributed by atoms with Crippen LogP contribution in [0.1, 0.15) is 78.1 Å². The van der Waals surface area contributed by atoms with Gasteiger partial charge in [0.1, 0.15) is 18.1 Å². The van der Waals surface area contributed by atoms with Crippen molar-refractivity contribution in [1.82, 2.24) is 16.0 Å². The summed E-state index contributed by atoms with van der Waals surface area (Å²) in [6.45, 7) is 4.17. The molecule has 4 amide bonds. The first-order valence-corrected chi connectivity index (χ1v) is 11.8. The molecule has 10 heteroatoms. The van der Waals surface area contributed by atoms with E-state index in [9.17, 15) is 24.3 Å². The molecule has 1 rings (SSSR count). The second kappa shape index (κ2) is 14.7. The highest BCUT2D eigenvalue weighted by Crippen LogP contribution is 2.27. The van der Waals surface area contributed by atoms with E-state index in [-0.39, 0.29) is 18.3 Å². The van der Waals surface area contributed by atoms with Crippen molar-refractivity contribution in [2.24, 2.45) is 23.3 Å². The first-order chi connectivity index (χ1) is 15.2. The van der Waals surface area contributed by atoms with E-state index in [1.807, 2.05) is 13.8 Å². The largest absolute Gasteiger partial charge is 0.480 e. The van der Waals surface area contributed by atoms with Crippen molar-refractivity contribution >= 4 is 23.8 Å². The topological polar surface area (TPSA) is 177 Å². The maximum absolute atomic E-state index is 13.0. The lowest BCUT2D eigenvalue weighted by Gasteiger charge is -2.29. The number of carbonyl (C=O) groups excluding carboxylic acids is 3. The van der Waals surface area contributed by atoms with E-state index in [0.29, 0.717) is 32.2 Å². The van der Waals surface area contributed by atoms with Crippen molar-refractivity contribution in [3.63, 3.8) is 0 Å². The number of primary amides is 1. The Kier molecular flexibility index (Phi) is 12.7. The number of carboxylic acids is 1. The second-order valence-electron chi connectivity index (χ2n) is 8.86. The van der Waals surface area contributed by atoms with Crippen molar-refractivity contribution in [1.29, 1.82) is 0 Å². The van der Waals surface area contributed by atoms with E-state index >= 15 is 0 Å². The second-order valence-corrected chi connectivity index (χ2v) is 8.86. The van der Waals surface area contributed by atoms with Crippen molar-refractivity contribution in [3.8, 4) is 0 Å². The zero-order valence-corrected chi connectivity index (χ0v) is 19.4. The summed E-state index contributed by atoms with van der Waals surface area (Å²) in [7, 11) is 0. The van der Waals surface area contributed by atoms with Crippen LogP contribution in [0.3, 0.4) is 0 Å². The fraction of sp³-hybridized carbons (Fsp3) is 0.818. The molecule has 0 aliphatic heterocycles. The molecule has 10 nitrogen and oxygen atoms in total. The number of nitrogens with two attached hydrogens (primary N) is 2. The van der Waals surface area contributed by atoms with Gasteiger partial charge >= 0.3 is 12.0 Å². The van der Waals surface area contributed by atoms with E-state index in [1.165, 1.54) is 0 Å². The fourth-order valence-electron chi connectivity index (χ4n) is 4.08. The van der Waals surface area contributed by atoms with Gasteiger partial charge < -0.3 is 32.5 Å². The van der Waals surface area contributed by atoms with Crippen LogP contribution in [0.15, 0.2) is 0 Å². The molecule has 0 radical (unpaired) electrons. The summed E-state index contributed by atoms with van der Waals surface area (Å²) in [6.07, 6.45) is 7.78. The zero-order valence-electron chi connectivity index (χ0n) is 19.4. The lowest BCUT2D eigenvalue weighted by molar-refractivity contribution is -0.139. The van der Waals surface area contributed by atoms with Gasteiger partial charge in [0.2, 0.25) is 11.8 Å². The molecule has 0 aromatic rings. The highest BCUT2D eigenvalue weighted by Gasteiger charge is 2.31. The van der Waals surface area contributed by atoms with Gasteiger partial charge in [-0.1, -0.05) is 52.4 Å². The van der Waals surface area contributed by atoms with Crippen molar-refractivity contribution in [2.45, 2.75) is 96.2 Å². The van der Waals surface area contributed by atoms with E-state index in [2.05, 4.69) is 16.0 Å². The van der Waals surface area contributed by atoms with Gasteiger partial charge in [-0.15, -0.1) is 0 Å². The Morgan fingerprint density at radius 1 is 1.00 bits per heavy atom. The summed E-state index contributed by atoms with van der Waals surface area (Å²) >= 11 is 0. The molecule has 184 valence electrons. The quantitative estimate of drug-likeness (QED) is 0.214. The predicted molar refractivity (Wildman–Crippen MR) is 122 cm³/mol. The summed E-state index contributed by atoms with van der Waals surface area (Å²) in [4.78, 5) is 48.9. The molecule has 0 spiro atoms. The van der Waals surface area contributed by atoms with E-state index in [1.54, 1.807) is 0 Å². The maximum atomic E-state index is 13.0. The molecular formula is C22H41N5O5. The molecule has 1 aliphatic carbocycles. The molecule has 32 heavy (non-hydrogen) atoms.